The Kier molecular flexibility index (Phi) is 4.57. The molecule has 1 aliphatic heterocycles. The highest BCUT2D eigenvalue weighted by Crippen LogP contribution is 2.32. The molecule has 0 spiro atoms. The zero-order valence-corrected chi connectivity index (χ0v) is 12.7. The van der Waals surface area contributed by atoms with Gasteiger partial charge in [-0.3, -0.25) is 0 Å². The molecule has 0 bridgehead atoms. The standard InChI is InChI=1S/C15H22N2O4/c1-4-17(9-15(2,3)19)14(18)16-8-11-5-6-12-13(7-11)21-10-20-12/h5-7,19H,4,8-10H2,1-3H3,(H,16,18). The van der Waals surface area contributed by atoms with Crippen molar-refractivity contribution in [3.63, 3.8) is 0 Å². The van der Waals surface area contributed by atoms with Gasteiger partial charge in [-0.25, -0.2) is 4.79 Å². The second kappa shape index (κ2) is 6.22. The lowest BCUT2D eigenvalue weighted by Crippen LogP contribution is -2.46. The molecule has 0 saturated carbocycles. The summed E-state index contributed by atoms with van der Waals surface area (Å²) in [7, 11) is 0. The van der Waals surface area contributed by atoms with E-state index in [1.807, 2.05) is 25.1 Å². The second-order valence-electron chi connectivity index (χ2n) is 5.67. The molecular formula is C15H22N2O4. The average molecular weight is 294 g/mol. The minimum absolute atomic E-state index is 0.197. The van der Waals surface area contributed by atoms with E-state index >= 15 is 0 Å². The number of nitrogens with one attached hydrogen (secondary N) is 1. The van der Waals surface area contributed by atoms with Gasteiger partial charge in [0.2, 0.25) is 6.79 Å². The number of fused-ring (bicyclic) bond motifs is 1. The van der Waals surface area contributed by atoms with Crippen molar-refractivity contribution in [1.29, 1.82) is 0 Å². The molecule has 2 rings (SSSR count). The van der Waals surface area contributed by atoms with Gasteiger partial charge in [-0.1, -0.05) is 6.07 Å². The van der Waals surface area contributed by atoms with Crippen LogP contribution >= 0.6 is 0 Å². The van der Waals surface area contributed by atoms with Crippen LogP contribution in [0.2, 0.25) is 0 Å². The molecule has 0 radical (unpaired) electrons. The third-order valence-corrected chi connectivity index (χ3v) is 3.13. The monoisotopic (exact) mass is 294 g/mol. The molecule has 0 aliphatic carbocycles. The predicted octanol–water partition coefficient (Wildman–Crippen LogP) is 1.72. The Morgan fingerprint density at radius 2 is 2.10 bits per heavy atom. The smallest absolute Gasteiger partial charge is 0.317 e. The highest BCUT2D eigenvalue weighted by molar-refractivity contribution is 5.74. The number of hydrogen-bond donors (Lipinski definition) is 2. The summed E-state index contributed by atoms with van der Waals surface area (Å²) < 4.78 is 10.5. The van der Waals surface area contributed by atoms with Crippen molar-refractivity contribution in [3.05, 3.63) is 23.8 Å². The predicted molar refractivity (Wildman–Crippen MR) is 78.3 cm³/mol. The maximum absolute atomic E-state index is 12.1. The van der Waals surface area contributed by atoms with E-state index in [-0.39, 0.29) is 19.4 Å². The summed E-state index contributed by atoms with van der Waals surface area (Å²) in [4.78, 5) is 13.7. The zero-order chi connectivity index (χ0) is 15.5. The van der Waals surface area contributed by atoms with Crippen LogP contribution in [-0.2, 0) is 6.54 Å². The van der Waals surface area contributed by atoms with Gasteiger partial charge in [0.1, 0.15) is 0 Å². The normalized spacial score (nSPS) is 13.1. The van der Waals surface area contributed by atoms with Gasteiger partial charge in [-0.05, 0) is 38.5 Å². The van der Waals surface area contributed by atoms with Crippen molar-refractivity contribution in [2.45, 2.75) is 32.9 Å². The summed E-state index contributed by atoms with van der Waals surface area (Å²) in [6, 6.07) is 5.38. The van der Waals surface area contributed by atoms with Gasteiger partial charge in [-0.15, -0.1) is 0 Å². The van der Waals surface area contributed by atoms with Crippen LogP contribution in [0.4, 0.5) is 4.79 Å². The Hall–Kier alpha value is -1.95. The van der Waals surface area contributed by atoms with Crippen LogP contribution in [0.15, 0.2) is 18.2 Å². The van der Waals surface area contributed by atoms with Crippen LogP contribution in [0, 0.1) is 0 Å². The highest BCUT2D eigenvalue weighted by atomic mass is 16.7. The Labute approximate surface area is 124 Å². The molecule has 0 saturated heterocycles. The summed E-state index contributed by atoms with van der Waals surface area (Å²) in [6.45, 7) is 6.71. The molecule has 1 aromatic carbocycles. The lowest BCUT2D eigenvalue weighted by Gasteiger charge is -2.28. The molecule has 21 heavy (non-hydrogen) atoms. The number of ether oxygens (including phenoxy) is 2. The summed E-state index contributed by atoms with van der Waals surface area (Å²) >= 11 is 0. The van der Waals surface area contributed by atoms with Gasteiger partial charge >= 0.3 is 6.03 Å². The van der Waals surface area contributed by atoms with E-state index in [1.165, 1.54) is 0 Å². The molecule has 1 aliphatic rings. The van der Waals surface area contributed by atoms with Gasteiger partial charge in [0.15, 0.2) is 11.5 Å². The van der Waals surface area contributed by atoms with Crippen LogP contribution in [0.1, 0.15) is 26.3 Å². The van der Waals surface area contributed by atoms with Crippen molar-refractivity contribution in [2.75, 3.05) is 19.9 Å². The molecule has 116 valence electrons. The van der Waals surface area contributed by atoms with Crippen LogP contribution < -0.4 is 14.8 Å². The van der Waals surface area contributed by atoms with E-state index in [0.717, 1.165) is 11.3 Å². The van der Waals surface area contributed by atoms with Gasteiger partial charge < -0.3 is 24.8 Å². The summed E-state index contributed by atoms with van der Waals surface area (Å²) in [5.41, 5.74) is 0.0263. The number of benzene rings is 1. The number of carbonyl (C=O) groups is 1. The maximum Gasteiger partial charge on any atom is 0.317 e. The number of carbonyl (C=O) groups excluding carboxylic acids is 1. The Morgan fingerprint density at radius 3 is 2.76 bits per heavy atom. The molecule has 2 amide bonds. The average Bonchev–Trinajstić information content (AvgIpc) is 2.88. The number of likely N-dealkylation sites (N-methyl/N-ethyl adjacent to an activating group) is 1. The molecule has 1 heterocycles. The number of amides is 2. The molecule has 2 N–H and O–H groups in total. The van der Waals surface area contributed by atoms with Gasteiger partial charge in [0.05, 0.1) is 12.1 Å². The third kappa shape index (κ3) is 4.26. The minimum atomic E-state index is -0.911. The molecule has 1 aromatic rings. The highest BCUT2D eigenvalue weighted by Gasteiger charge is 2.21. The van der Waals surface area contributed by atoms with E-state index in [2.05, 4.69) is 5.32 Å². The fourth-order valence-electron chi connectivity index (χ4n) is 2.13. The fraction of sp³-hybridized carbons (Fsp3) is 0.533. The number of aliphatic hydroxyl groups is 1. The van der Waals surface area contributed by atoms with Gasteiger partial charge in [-0.2, -0.15) is 0 Å². The van der Waals surface area contributed by atoms with Gasteiger partial charge in [0.25, 0.3) is 0 Å². The number of rotatable bonds is 5. The largest absolute Gasteiger partial charge is 0.454 e. The van der Waals surface area contributed by atoms with Crippen molar-refractivity contribution in [2.24, 2.45) is 0 Å². The summed E-state index contributed by atoms with van der Waals surface area (Å²) in [6.07, 6.45) is 0. The van der Waals surface area contributed by atoms with Crippen LogP contribution in [0.25, 0.3) is 0 Å². The number of nitrogens with zero attached hydrogens (tertiary/aromatic N) is 1. The van der Waals surface area contributed by atoms with Crippen molar-refractivity contribution in [3.8, 4) is 11.5 Å². The van der Waals surface area contributed by atoms with Crippen LogP contribution in [0.3, 0.4) is 0 Å². The molecule has 6 heteroatoms. The topological polar surface area (TPSA) is 71.0 Å². The molecule has 0 fully saturated rings. The fourth-order valence-corrected chi connectivity index (χ4v) is 2.13. The number of hydrogen-bond acceptors (Lipinski definition) is 4. The molecule has 0 atom stereocenters. The van der Waals surface area contributed by atoms with E-state index in [1.54, 1.807) is 18.7 Å². The lowest BCUT2D eigenvalue weighted by molar-refractivity contribution is 0.0480. The first-order valence-corrected chi connectivity index (χ1v) is 7.03. The van der Waals surface area contributed by atoms with E-state index in [9.17, 15) is 9.90 Å². The Balaban J connectivity index is 1.91. The quantitative estimate of drug-likeness (QED) is 0.867. The van der Waals surface area contributed by atoms with E-state index in [4.69, 9.17) is 9.47 Å². The SMILES string of the molecule is CCN(CC(C)(C)O)C(=O)NCc1ccc2c(c1)OCO2. The van der Waals surface area contributed by atoms with Crippen molar-refractivity contribution >= 4 is 6.03 Å². The zero-order valence-electron chi connectivity index (χ0n) is 12.7. The molecular weight excluding hydrogens is 272 g/mol. The summed E-state index contributed by atoms with van der Waals surface area (Å²) in [5.74, 6) is 1.42. The van der Waals surface area contributed by atoms with Crippen LogP contribution in [0.5, 0.6) is 11.5 Å². The van der Waals surface area contributed by atoms with E-state index in [0.29, 0.717) is 18.8 Å². The lowest BCUT2D eigenvalue weighted by atomic mass is 10.1. The van der Waals surface area contributed by atoms with Crippen LogP contribution in [-0.4, -0.2) is 41.5 Å². The first-order chi connectivity index (χ1) is 9.89. The molecule has 0 unspecified atom stereocenters. The third-order valence-electron chi connectivity index (χ3n) is 3.13. The number of urea groups is 1. The maximum atomic E-state index is 12.1. The van der Waals surface area contributed by atoms with E-state index < -0.39 is 5.60 Å². The Morgan fingerprint density at radius 1 is 1.38 bits per heavy atom. The second-order valence-corrected chi connectivity index (χ2v) is 5.67. The van der Waals surface area contributed by atoms with Crippen molar-refractivity contribution in [1.82, 2.24) is 10.2 Å². The first kappa shape index (κ1) is 15.4. The van der Waals surface area contributed by atoms with Gasteiger partial charge in [0, 0.05) is 13.1 Å². The summed E-state index contributed by atoms with van der Waals surface area (Å²) in [5, 5.41) is 12.7. The molecule has 6 nitrogen and oxygen atoms in total. The Bertz CT molecular complexity index is 511. The first-order valence-electron chi connectivity index (χ1n) is 7.03. The molecule has 0 aromatic heterocycles. The van der Waals surface area contributed by atoms with Crippen molar-refractivity contribution < 1.29 is 19.4 Å². The minimum Gasteiger partial charge on any atom is -0.454 e.